The third-order valence-electron chi connectivity index (χ3n) is 2.32. The first-order valence-corrected chi connectivity index (χ1v) is 6.99. The van der Waals surface area contributed by atoms with Gasteiger partial charge < -0.3 is 4.90 Å². The van der Waals surface area contributed by atoms with Crippen molar-refractivity contribution in [2.45, 2.75) is 5.33 Å². The standard InChI is InChI=1S/C12H13BrN2S/c1-15(2)11-5-3-9(4-6-11)12-14-10(7-13)8-16-12/h3-6,8H,7H2,1-2H3. The summed E-state index contributed by atoms with van der Waals surface area (Å²) in [4.78, 5) is 6.62. The minimum Gasteiger partial charge on any atom is -0.378 e. The summed E-state index contributed by atoms with van der Waals surface area (Å²) in [5, 5.41) is 3.99. The van der Waals surface area contributed by atoms with Gasteiger partial charge in [-0.1, -0.05) is 15.9 Å². The van der Waals surface area contributed by atoms with Gasteiger partial charge in [0.2, 0.25) is 0 Å². The quantitative estimate of drug-likeness (QED) is 0.802. The Labute approximate surface area is 108 Å². The third-order valence-corrected chi connectivity index (χ3v) is 3.83. The van der Waals surface area contributed by atoms with Crippen molar-refractivity contribution in [2.75, 3.05) is 19.0 Å². The second-order valence-corrected chi connectivity index (χ2v) is 5.14. The van der Waals surface area contributed by atoms with Gasteiger partial charge in [-0.25, -0.2) is 4.98 Å². The topological polar surface area (TPSA) is 16.1 Å². The van der Waals surface area contributed by atoms with E-state index in [0.29, 0.717) is 0 Å². The van der Waals surface area contributed by atoms with Crippen molar-refractivity contribution >= 4 is 33.0 Å². The Kier molecular flexibility index (Phi) is 3.61. The predicted octanol–water partition coefficient (Wildman–Crippen LogP) is 3.77. The second-order valence-electron chi connectivity index (χ2n) is 3.72. The smallest absolute Gasteiger partial charge is 0.123 e. The molecule has 0 spiro atoms. The van der Waals surface area contributed by atoms with Crippen LogP contribution in [-0.2, 0) is 5.33 Å². The SMILES string of the molecule is CN(C)c1ccc(-c2nc(CBr)cs2)cc1. The van der Waals surface area contributed by atoms with Crippen molar-refractivity contribution in [3.63, 3.8) is 0 Å². The van der Waals surface area contributed by atoms with Crippen molar-refractivity contribution in [2.24, 2.45) is 0 Å². The Morgan fingerprint density at radius 1 is 1.25 bits per heavy atom. The minimum absolute atomic E-state index is 0.819. The Morgan fingerprint density at radius 2 is 1.94 bits per heavy atom. The largest absolute Gasteiger partial charge is 0.378 e. The van der Waals surface area contributed by atoms with E-state index in [4.69, 9.17) is 0 Å². The van der Waals surface area contributed by atoms with Crippen LogP contribution >= 0.6 is 27.3 Å². The van der Waals surface area contributed by atoms with Gasteiger partial charge in [-0.15, -0.1) is 11.3 Å². The lowest BCUT2D eigenvalue weighted by Gasteiger charge is -2.11. The first-order chi connectivity index (χ1) is 7.70. The molecule has 0 atom stereocenters. The van der Waals surface area contributed by atoms with Crippen LogP contribution in [0.15, 0.2) is 29.6 Å². The molecule has 0 aliphatic heterocycles. The van der Waals surface area contributed by atoms with E-state index in [1.165, 1.54) is 11.3 Å². The molecule has 0 bridgehead atoms. The molecular weight excluding hydrogens is 284 g/mol. The maximum Gasteiger partial charge on any atom is 0.123 e. The molecule has 0 amide bonds. The number of hydrogen-bond donors (Lipinski definition) is 0. The fourth-order valence-corrected chi connectivity index (χ4v) is 2.73. The maximum atomic E-state index is 4.53. The van der Waals surface area contributed by atoms with E-state index < -0.39 is 0 Å². The number of nitrogens with zero attached hydrogens (tertiary/aromatic N) is 2. The van der Waals surface area contributed by atoms with Crippen LogP contribution in [-0.4, -0.2) is 19.1 Å². The molecule has 16 heavy (non-hydrogen) atoms. The van der Waals surface area contributed by atoms with E-state index in [1.807, 2.05) is 14.1 Å². The fourth-order valence-electron chi connectivity index (χ4n) is 1.40. The number of hydrogen-bond acceptors (Lipinski definition) is 3. The average molecular weight is 297 g/mol. The Morgan fingerprint density at radius 3 is 2.44 bits per heavy atom. The fraction of sp³-hybridized carbons (Fsp3) is 0.250. The summed E-state index contributed by atoms with van der Waals surface area (Å²) >= 11 is 5.10. The molecule has 0 aliphatic rings. The van der Waals surface area contributed by atoms with Crippen molar-refractivity contribution in [3.8, 4) is 10.6 Å². The summed E-state index contributed by atoms with van der Waals surface area (Å²) in [6, 6.07) is 8.47. The van der Waals surface area contributed by atoms with Crippen LogP contribution in [0.4, 0.5) is 5.69 Å². The maximum absolute atomic E-state index is 4.53. The number of halogens is 1. The van der Waals surface area contributed by atoms with Crippen LogP contribution in [0.1, 0.15) is 5.69 Å². The van der Waals surface area contributed by atoms with E-state index in [-0.39, 0.29) is 0 Å². The van der Waals surface area contributed by atoms with Gasteiger partial charge in [0, 0.05) is 36.1 Å². The van der Waals surface area contributed by atoms with Crippen LogP contribution in [0, 0.1) is 0 Å². The summed E-state index contributed by atoms with van der Waals surface area (Å²) < 4.78 is 0. The van der Waals surface area contributed by atoms with Gasteiger partial charge in [-0.2, -0.15) is 0 Å². The first kappa shape index (κ1) is 11.6. The van der Waals surface area contributed by atoms with Crippen molar-refractivity contribution in [1.29, 1.82) is 0 Å². The molecule has 2 rings (SSSR count). The molecular formula is C12H13BrN2S. The molecule has 1 aromatic carbocycles. The molecule has 0 aliphatic carbocycles. The molecule has 2 nitrogen and oxygen atoms in total. The molecule has 1 heterocycles. The van der Waals surface area contributed by atoms with Gasteiger partial charge in [0.05, 0.1) is 5.69 Å². The van der Waals surface area contributed by atoms with E-state index in [0.717, 1.165) is 16.0 Å². The summed E-state index contributed by atoms with van der Waals surface area (Å²) in [6.07, 6.45) is 0. The van der Waals surface area contributed by atoms with Gasteiger partial charge in [-0.05, 0) is 24.3 Å². The monoisotopic (exact) mass is 296 g/mol. The molecule has 0 N–H and O–H groups in total. The van der Waals surface area contributed by atoms with Gasteiger partial charge in [0.15, 0.2) is 0 Å². The lowest BCUT2D eigenvalue weighted by atomic mass is 10.2. The van der Waals surface area contributed by atoms with Crippen molar-refractivity contribution in [3.05, 3.63) is 35.3 Å². The summed E-state index contributed by atoms with van der Waals surface area (Å²) in [5.74, 6) is 0. The molecule has 0 unspecified atom stereocenters. The van der Waals surface area contributed by atoms with Gasteiger partial charge in [0.25, 0.3) is 0 Å². The highest BCUT2D eigenvalue weighted by atomic mass is 79.9. The Balaban J connectivity index is 2.27. The lowest BCUT2D eigenvalue weighted by molar-refractivity contribution is 1.13. The molecule has 2 aromatic rings. The Hall–Kier alpha value is -0.870. The van der Waals surface area contributed by atoms with E-state index in [2.05, 4.69) is 55.5 Å². The lowest BCUT2D eigenvalue weighted by Crippen LogP contribution is -2.07. The summed E-state index contributed by atoms with van der Waals surface area (Å²) in [6.45, 7) is 0. The van der Waals surface area contributed by atoms with Crippen molar-refractivity contribution in [1.82, 2.24) is 4.98 Å². The van der Waals surface area contributed by atoms with Gasteiger partial charge >= 0.3 is 0 Å². The zero-order valence-electron chi connectivity index (χ0n) is 9.27. The van der Waals surface area contributed by atoms with Gasteiger partial charge in [0.1, 0.15) is 5.01 Å². The minimum atomic E-state index is 0.819. The zero-order valence-corrected chi connectivity index (χ0v) is 11.7. The van der Waals surface area contributed by atoms with Crippen LogP contribution in [0.25, 0.3) is 10.6 Å². The Bertz CT molecular complexity index is 462. The number of alkyl halides is 1. The third kappa shape index (κ3) is 2.44. The zero-order chi connectivity index (χ0) is 11.5. The van der Waals surface area contributed by atoms with E-state index in [9.17, 15) is 0 Å². The molecule has 0 saturated carbocycles. The van der Waals surface area contributed by atoms with E-state index >= 15 is 0 Å². The normalized spacial score (nSPS) is 10.4. The highest BCUT2D eigenvalue weighted by Gasteiger charge is 2.04. The number of thiazole rings is 1. The number of anilines is 1. The number of rotatable bonds is 3. The summed E-state index contributed by atoms with van der Waals surface area (Å²) in [5.41, 5.74) is 3.49. The number of benzene rings is 1. The van der Waals surface area contributed by atoms with Crippen LogP contribution < -0.4 is 4.90 Å². The molecule has 0 saturated heterocycles. The molecule has 0 radical (unpaired) electrons. The predicted molar refractivity (Wildman–Crippen MR) is 74.5 cm³/mol. The summed E-state index contributed by atoms with van der Waals surface area (Å²) in [7, 11) is 4.09. The second kappa shape index (κ2) is 4.97. The number of aromatic nitrogens is 1. The molecule has 0 fully saturated rings. The van der Waals surface area contributed by atoms with Crippen LogP contribution in [0.3, 0.4) is 0 Å². The van der Waals surface area contributed by atoms with Crippen LogP contribution in [0.2, 0.25) is 0 Å². The molecule has 1 aromatic heterocycles. The van der Waals surface area contributed by atoms with E-state index in [1.54, 1.807) is 11.3 Å². The molecule has 4 heteroatoms. The van der Waals surface area contributed by atoms with Crippen molar-refractivity contribution < 1.29 is 0 Å². The van der Waals surface area contributed by atoms with Gasteiger partial charge in [-0.3, -0.25) is 0 Å². The first-order valence-electron chi connectivity index (χ1n) is 4.99. The highest BCUT2D eigenvalue weighted by molar-refractivity contribution is 9.08. The van der Waals surface area contributed by atoms with Crippen LogP contribution in [0.5, 0.6) is 0 Å². The average Bonchev–Trinajstić information content (AvgIpc) is 2.77. The highest BCUT2D eigenvalue weighted by Crippen LogP contribution is 2.26. The molecule has 84 valence electrons.